The molecule has 0 amide bonds. The van der Waals surface area contributed by atoms with Crippen LogP contribution in [0.4, 0.5) is 0 Å². The van der Waals surface area contributed by atoms with Crippen LogP contribution < -0.4 is 10.5 Å². The van der Waals surface area contributed by atoms with E-state index in [1.165, 1.54) is 0 Å². The van der Waals surface area contributed by atoms with Gasteiger partial charge in [0.25, 0.3) is 0 Å². The Bertz CT molecular complexity index is 396. The van der Waals surface area contributed by atoms with E-state index in [4.69, 9.17) is 10.5 Å². The first kappa shape index (κ1) is 12.6. The standard InChI is InChI=1S/C13H17NO2/c1-13(2,15)7-6-11-4-3-5-12(10-11)16-9-8-14/h3-5,10,15H,8-9,14H2,1-2H3. The van der Waals surface area contributed by atoms with Gasteiger partial charge < -0.3 is 15.6 Å². The zero-order valence-electron chi connectivity index (χ0n) is 9.66. The molecule has 3 N–H and O–H groups in total. The summed E-state index contributed by atoms with van der Waals surface area (Å²) < 4.78 is 5.37. The van der Waals surface area contributed by atoms with Crippen LogP contribution >= 0.6 is 0 Å². The zero-order chi connectivity index (χ0) is 12.0. The number of nitrogens with two attached hydrogens (primary N) is 1. The molecule has 0 aliphatic heterocycles. The highest BCUT2D eigenvalue weighted by atomic mass is 16.5. The van der Waals surface area contributed by atoms with E-state index in [1.54, 1.807) is 13.8 Å². The van der Waals surface area contributed by atoms with Gasteiger partial charge >= 0.3 is 0 Å². The maximum atomic E-state index is 9.47. The molecule has 0 saturated carbocycles. The van der Waals surface area contributed by atoms with Crippen LogP contribution in [0.2, 0.25) is 0 Å². The van der Waals surface area contributed by atoms with Crippen molar-refractivity contribution in [2.75, 3.05) is 13.2 Å². The predicted octanol–water partition coefficient (Wildman–Crippen LogP) is 1.15. The SMILES string of the molecule is CC(C)(O)C#Cc1cccc(OCCN)c1. The van der Waals surface area contributed by atoms with E-state index in [-0.39, 0.29) is 0 Å². The Morgan fingerprint density at radius 3 is 2.81 bits per heavy atom. The number of aliphatic hydroxyl groups is 1. The minimum absolute atomic E-state index is 0.486. The van der Waals surface area contributed by atoms with Crippen LogP contribution in [0.5, 0.6) is 5.75 Å². The number of hydrogen-bond acceptors (Lipinski definition) is 3. The van der Waals surface area contributed by atoms with Crippen LogP contribution in [-0.2, 0) is 0 Å². The van der Waals surface area contributed by atoms with Crippen LogP contribution in [-0.4, -0.2) is 23.9 Å². The lowest BCUT2D eigenvalue weighted by atomic mass is 10.1. The number of hydrogen-bond donors (Lipinski definition) is 2. The number of benzene rings is 1. The molecule has 3 nitrogen and oxygen atoms in total. The Morgan fingerprint density at radius 2 is 2.19 bits per heavy atom. The van der Waals surface area contributed by atoms with Crippen molar-refractivity contribution in [3.63, 3.8) is 0 Å². The van der Waals surface area contributed by atoms with Crippen LogP contribution in [0.3, 0.4) is 0 Å². The Kier molecular flexibility index (Phi) is 4.36. The summed E-state index contributed by atoms with van der Waals surface area (Å²) in [7, 11) is 0. The highest BCUT2D eigenvalue weighted by molar-refractivity contribution is 5.40. The molecule has 1 aromatic carbocycles. The maximum absolute atomic E-state index is 9.47. The van der Waals surface area contributed by atoms with Crippen molar-refractivity contribution in [1.82, 2.24) is 0 Å². The third-order valence-electron chi connectivity index (χ3n) is 1.73. The van der Waals surface area contributed by atoms with Crippen LogP contribution in [0.15, 0.2) is 24.3 Å². The summed E-state index contributed by atoms with van der Waals surface area (Å²) >= 11 is 0. The van der Waals surface area contributed by atoms with E-state index in [1.807, 2.05) is 24.3 Å². The molecule has 0 fully saturated rings. The number of ether oxygens (including phenoxy) is 1. The van der Waals surface area contributed by atoms with E-state index >= 15 is 0 Å². The summed E-state index contributed by atoms with van der Waals surface area (Å²) in [5.41, 5.74) is 5.18. The average molecular weight is 219 g/mol. The first-order valence-electron chi connectivity index (χ1n) is 5.20. The maximum Gasteiger partial charge on any atom is 0.120 e. The molecule has 0 aromatic heterocycles. The molecule has 1 rings (SSSR count). The van der Waals surface area contributed by atoms with E-state index in [9.17, 15) is 5.11 Å². The van der Waals surface area contributed by atoms with Gasteiger partial charge in [-0.15, -0.1) is 0 Å². The van der Waals surface area contributed by atoms with Gasteiger partial charge in [-0.2, -0.15) is 0 Å². The van der Waals surface area contributed by atoms with E-state index in [0.717, 1.165) is 11.3 Å². The summed E-state index contributed by atoms with van der Waals surface area (Å²) in [6.45, 7) is 4.27. The summed E-state index contributed by atoms with van der Waals surface area (Å²) in [6.07, 6.45) is 0. The van der Waals surface area contributed by atoms with Crippen molar-refractivity contribution in [2.45, 2.75) is 19.4 Å². The molecule has 1 aromatic rings. The second kappa shape index (κ2) is 5.55. The van der Waals surface area contributed by atoms with Crippen LogP contribution in [0, 0.1) is 11.8 Å². The Morgan fingerprint density at radius 1 is 1.44 bits per heavy atom. The lowest BCUT2D eigenvalue weighted by Gasteiger charge is -2.06. The van der Waals surface area contributed by atoms with E-state index in [2.05, 4.69) is 11.8 Å². The predicted molar refractivity (Wildman–Crippen MR) is 64.2 cm³/mol. The highest BCUT2D eigenvalue weighted by Crippen LogP contribution is 2.12. The Labute approximate surface area is 96.2 Å². The third-order valence-corrected chi connectivity index (χ3v) is 1.73. The quantitative estimate of drug-likeness (QED) is 0.750. The first-order chi connectivity index (χ1) is 7.51. The number of rotatable bonds is 3. The second-order valence-electron chi connectivity index (χ2n) is 3.97. The minimum Gasteiger partial charge on any atom is -0.492 e. The molecule has 86 valence electrons. The monoisotopic (exact) mass is 219 g/mol. The molecule has 16 heavy (non-hydrogen) atoms. The lowest BCUT2D eigenvalue weighted by Crippen LogP contribution is -2.14. The molecule has 0 unspecified atom stereocenters. The van der Waals surface area contributed by atoms with Crippen molar-refractivity contribution in [3.8, 4) is 17.6 Å². The second-order valence-corrected chi connectivity index (χ2v) is 3.97. The van der Waals surface area contributed by atoms with Gasteiger partial charge in [-0.1, -0.05) is 17.9 Å². The minimum atomic E-state index is -0.978. The zero-order valence-corrected chi connectivity index (χ0v) is 9.66. The van der Waals surface area contributed by atoms with Gasteiger partial charge in [-0.3, -0.25) is 0 Å². The fourth-order valence-corrected chi connectivity index (χ4v) is 1.07. The molecule has 0 saturated heterocycles. The Hall–Kier alpha value is -1.50. The normalized spacial score (nSPS) is 10.5. The summed E-state index contributed by atoms with van der Waals surface area (Å²) in [6, 6.07) is 7.41. The van der Waals surface area contributed by atoms with Crippen LogP contribution in [0.25, 0.3) is 0 Å². The molecule has 0 heterocycles. The highest BCUT2D eigenvalue weighted by Gasteiger charge is 2.05. The van der Waals surface area contributed by atoms with Crippen molar-refractivity contribution < 1.29 is 9.84 Å². The molecule has 0 atom stereocenters. The fraction of sp³-hybridized carbons (Fsp3) is 0.385. The Balaban J connectivity index is 2.77. The molecule has 0 bridgehead atoms. The van der Waals surface area contributed by atoms with Gasteiger partial charge in [-0.25, -0.2) is 0 Å². The topological polar surface area (TPSA) is 55.5 Å². The summed E-state index contributed by atoms with van der Waals surface area (Å²) in [5.74, 6) is 6.38. The summed E-state index contributed by atoms with van der Waals surface area (Å²) in [5, 5.41) is 9.47. The van der Waals surface area contributed by atoms with Gasteiger partial charge in [-0.05, 0) is 32.0 Å². The fourth-order valence-electron chi connectivity index (χ4n) is 1.07. The van der Waals surface area contributed by atoms with Gasteiger partial charge in [0.1, 0.15) is 18.0 Å². The van der Waals surface area contributed by atoms with Crippen molar-refractivity contribution in [1.29, 1.82) is 0 Å². The third kappa shape index (κ3) is 4.83. The van der Waals surface area contributed by atoms with Gasteiger partial charge in [0.2, 0.25) is 0 Å². The largest absolute Gasteiger partial charge is 0.492 e. The molecule has 3 heteroatoms. The van der Waals surface area contributed by atoms with Gasteiger partial charge in [0, 0.05) is 12.1 Å². The molecule has 0 aliphatic rings. The lowest BCUT2D eigenvalue weighted by molar-refractivity contribution is 0.143. The molecule has 0 spiro atoms. The van der Waals surface area contributed by atoms with Crippen molar-refractivity contribution >= 4 is 0 Å². The van der Waals surface area contributed by atoms with Gasteiger partial charge in [0.15, 0.2) is 0 Å². The molecular weight excluding hydrogens is 202 g/mol. The molecular formula is C13H17NO2. The van der Waals surface area contributed by atoms with E-state index < -0.39 is 5.60 Å². The van der Waals surface area contributed by atoms with Crippen molar-refractivity contribution in [2.24, 2.45) is 5.73 Å². The molecule has 0 radical (unpaired) electrons. The first-order valence-corrected chi connectivity index (χ1v) is 5.20. The van der Waals surface area contributed by atoms with Crippen molar-refractivity contribution in [3.05, 3.63) is 29.8 Å². The van der Waals surface area contributed by atoms with E-state index in [0.29, 0.717) is 13.2 Å². The van der Waals surface area contributed by atoms with Crippen LogP contribution in [0.1, 0.15) is 19.4 Å². The molecule has 0 aliphatic carbocycles. The smallest absolute Gasteiger partial charge is 0.120 e. The summed E-state index contributed by atoms with van der Waals surface area (Å²) in [4.78, 5) is 0. The average Bonchev–Trinajstić information content (AvgIpc) is 2.23. The van der Waals surface area contributed by atoms with Gasteiger partial charge in [0.05, 0.1) is 0 Å².